The molecule has 1 fully saturated rings. The summed E-state index contributed by atoms with van der Waals surface area (Å²) in [5.74, 6) is 0.290. The average molecular weight is 360 g/mol. The number of rotatable bonds is 3. The van der Waals surface area contributed by atoms with Crippen LogP contribution in [0.2, 0.25) is 5.15 Å². The summed E-state index contributed by atoms with van der Waals surface area (Å²) in [4.78, 5) is 22.0. The molecule has 0 aromatic carbocycles. The fourth-order valence-corrected chi connectivity index (χ4v) is 3.72. The number of hydrogen-bond acceptors (Lipinski definition) is 5. The van der Waals surface area contributed by atoms with Gasteiger partial charge in [-0.2, -0.15) is 0 Å². The third-order valence-corrected chi connectivity index (χ3v) is 5.11. The van der Waals surface area contributed by atoms with Gasteiger partial charge in [-0.05, 0) is 40.5 Å². The third kappa shape index (κ3) is 4.88. The van der Waals surface area contributed by atoms with Crippen molar-refractivity contribution in [1.29, 1.82) is 0 Å². The molecule has 6 nitrogen and oxygen atoms in total. The molecule has 1 aromatic rings. The van der Waals surface area contributed by atoms with Gasteiger partial charge in [-0.25, -0.2) is 14.8 Å². The Kier molecular flexibility index (Phi) is 5.62. The van der Waals surface area contributed by atoms with Gasteiger partial charge in [0.05, 0.1) is 16.6 Å². The Labute approximate surface area is 144 Å². The number of carbonyl (C=O) groups is 1. The molecule has 128 valence electrons. The van der Waals surface area contributed by atoms with E-state index in [2.05, 4.69) is 9.97 Å². The molecule has 1 aliphatic rings. The highest BCUT2D eigenvalue weighted by molar-refractivity contribution is 7.84. The minimum absolute atomic E-state index is 0.130. The van der Waals surface area contributed by atoms with Crippen LogP contribution in [0.3, 0.4) is 0 Å². The molecule has 23 heavy (non-hydrogen) atoms. The van der Waals surface area contributed by atoms with Crippen molar-refractivity contribution in [3.05, 3.63) is 16.9 Å². The van der Waals surface area contributed by atoms with Gasteiger partial charge in [0.15, 0.2) is 0 Å². The second-order valence-electron chi connectivity index (χ2n) is 6.61. The average Bonchev–Trinajstić information content (AvgIpc) is 2.88. The van der Waals surface area contributed by atoms with E-state index in [4.69, 9.17) is 16.3 Å². The van der Waals surface area contributed by atoms with Gasteiger partial charge in [-0.3, -0.25) is 4.21 Å². The zero-order valence-electron chi connectivity index (χ0n) is 13.8. The Hall–Kier alpha value is -1.21. The van der Waals surface area contributed by atoms with Crippen molar-refractivity contribution in [1.82, 2.24) is 14.9 Å². The lowest BCUT2D eigenvalue weighted by Gasteiger charge is -2.28. The summed E-state index contributed by atoms with van der Waals surface area (Å²) in [6, 6.07) is -0.130. The lowest BCUT2D eigenvalue weighted by Crippen LogP contribution is -2.42. The second-order valence-corrected chi connectivity index (χ2v) is 8.36. The Bertz CT molecular complexity index is 618. The van der Waals surface area contributed by atoms with Crippen molar-refractivity contribution in [2.75, 3.05) is 12.3 Å². The van der Waals surface area contributed by atoms with Crippen LogP contribution in [0.1, 0.15) is 39.2 Å². The predicted molar refractivity (Wildman–Crippen MR) is 89.0 cm³/mol. The highest BCUT2D eigenvalue weighted by atomic mass is 35.5. The molecule has 1 amide bonds. The molecule has 0 unspecified atom stereocenters. The topological polar surface area (TPSA) is 72.4 Å². The van der Waals surface area contributed by atoms with Gasteiger partial charge in [0.1, 0.15) is 10.8 Å². The fraction of sp³-hybridized carbons (Fsp3) is 0.667. The monoisotopic (exact) mass is 359 g/mol. The van der Waals surface area contributed by atoms with Crippen molar-refractivity contribution in [3.63, 3.8) is 0 Å². The van der Waals surface area contributed by atoms with Crippen LogP contribution in [0.15, 0.2) is 11.4 Å². The summed E-state index contributed by atoms with van der Waals surface area (Å²) in [5.41, 5.74) is 0.195. The number of ether oxygens (including phenoxy) is 1. The minimum Gasteiger partial charge on any atom is -0.444 e. The smallest absolute Gasteiger partial charge is 0.410 e. The lowest BCUT2D eigenvalue weighted by atomic mass is 10.2. The summed E-state index contributed by atoms with van der Waals surface area (Å²) < 4.78 is 17.9. The first-order valence-electron chi connectivity index (χ1n) is 7.54. The first kappa shape index (κ1) is 18.1. The number of halogens is 1. The minimum atomic E-state index is -1.41. The zero-order chi connectivity index (χ0) is 17.2. The zero-order valence-corrected chi connectivity index (χ0v) is 15.4. The quantitative estimate of drug-likeness (QED) is 0.612. The molecule has 8 heteroatoms. The summed E-state index contributed by atoms with van der Waals surface area (Å²) in [5, 5.41) is 0.510. The van der Waals surface area contributed by atoms with E-state index < -0.39 is 16.4 Å². The van der Waals surface area contributed by atoms with Gasteiger partial charge >= 0.3 is 6.09 Å². The lowest BCUT2D eigenvalue weighted by molar-refractivity contribution is 0.0241. The molecule has 0 N–H and O–H groups in total. The van der Waals surface area contributed by atoms with E-state index >= 15 is 0 Å². The summed E-state index contributed by atoms with van der Waals surface area (Å²) in [6.45, 7) is 7.89. The third-order valence-electron chi connectivity index (χ3n) is 3.44. The van der Waals surface area contributed by atoms with Crippen LogP contribution in [0, 0.1) is 6.92 Å². The number of amides is 1. The Morgan fingerprint density at radius 1 is 1.52 bits per heavy atom. The normalized spacial score (nSPS) is 19.7. The second kappa shape index (κ2) is 7.13. The predicted octanol–water partition coefficient (Wildman–Crippen LogP) is 2.95. The van der Waals surface area contributed by atoms with Crippen LogP contribution >= 0.6 is 11.6 Å². The highest BCUT2D eigenvalue weighted by Gasteiger charge is 2.33. The number of carbonyl (C=O) groups excluding carboxylic acids is 1. The molecule has 0 radical (unpaired) electrons. The van der Waals surface area contributed by atoms with Crippen LogP contribution in [0.25, 0.3) is 0 Å². The van der Waals surface area contributed by atoms with Gasteiger partial charge in [-0.15, -0.1) is 0 Å². The Balaban J connectivity index is 2.04. The summed E-state index contributed by atoms with van der Waals surface area (Å²) in [6.07, 6.45) is 2.86. The molecule has 0 saturated carbocycles. The first-order chi connectivity index (χ1) is 10.7. The largest absolute Gasteiger partial charge is 0.444 e. The van der Waals surface area contributed by atoms with E-state index in [1.54, 1.807) is 18.0 Å². The maximum Gasteiger partial charge on any atom is 0.410 e. The van der Waals surface area contributed by atoms with E-state index in [1.165, 1.54) is 0 Å². The summed E-state index contributed by atoms with van der Waals surface area (Å²) >= 11 is 5.96. The van der Waals surface area contributed by atoms with E-state index in [-0.39, 0.29) is 17.3 Å². The van der Waals surface area contributed by atoms with Crippen molar-refractivity contribution in [2.45, 2.75) is 57.3 Å². The van der Waals surface area contributed by atoms with Crippen LogP contribution < -0.4 is 0 Å². The molecule has 1 aliphatic heterocycles. The number of hydrogen-bond donors (Lipinski definition) is 0. The van der Waals surface area contributed by atoms with Gasteiger partial charge in [0, 0.05) is 24.3 Å². The highest BCUT2D eigenvalue weighted by Crippen LogP contribution is 2.22. The Morgan fingerprint density at radius 2 is 2.22 bits per heavy atom. The molecule has 2 atom stereocenters. The SMILES string of the molecule is Cc1cnc([S@](=O)C[C@@H]2CCCN2C(=O)OC(C)(C)C)nc1Cl. The molecule has 0 bridgehead atoms. The van der Waals surface area contributed by atoms with Gasteiger partial charge in [0.25, 0.3) is 0 Å². The van der Waals surface area contributed by atoms with Crippen molar-refractivity contribution in [3.8, 4) is 0 Å². The van der Waals surface area contributed by atoms with Gasteiger partial charge in [-0.1, -0.05) is 11.6 Å². The van der Waals surface area contributed by atoms with E-state index in [1.807, 2.05) is 20.8 Å². The molecular weight excluding hydrogens is 338 g/mol. The number of likely N-dealkylation sites (tertiary alicyclic amines) is 1. The number of aryl methyl sites for hydroxylation is 1. The number of aromatic nitrogens is 2. The van der Waals surface area contributed by atoms with Crippen LogP contribution in [-0.2, 0) is 15.5 Å². The first-order valence-corrected chi connectivity index (χ1v) is 9.24. The summed E-state index contributed by atoms with van der Waals surface area (Å²) in [7, 11) is -1.41. The van der Waals surface area contributed by atoms with E-state index in [0.29, 0.717) is 17.5 Å². The van der Waals surface area contributed by atoms with Gasteiger partial charge < -0.3 is 9.64 Å². The van der Waals surface area contributed by atoms with E-state index in [0.717, 1.165) is 18.4 Å². The molecule has 0 spiro atoms. The maximum absolute atomic E-state index is 12.5. The van der Waals surface area contributed by atoms with Crippen molar-refractivity contribution < 1.29 is 13.7 Å². The van der Waals surface area contributed by atoms with Crippen molar-refractivity contribution >= 4 is 28.5 Å². The fourth-order valence-electron chi connectivity index (χ4n) is 2.34. The maximum atomic E-state index is 12.5. The molecular formula is C15H22ClN3O3S. The standard InChI is InChI=1S/C15H22ClN3O3S/c1-10-8-17-13(18-12(10)16)23(21)9-11-6-5-7-19(11)14(20)22-15(2,3)4/h8,11H,5-7,9H2,1-4H3/t11-,23+/m0/s1. The molecule has 1 aromatic heterocycles. The Morgan fingerprint density at radius 3 is 2.83 bits per heavy atom. The van der Waals surface area contributed by atoms with Gasteiger partial charge in [0.2, 0.25) is 5.16 Å². The molecule has 1 saturated heterocycles. The molecule has 2 heterocycles. The molecule has 2 rings (SSSR count). The number of nitrogens with zero attached hydrogens (tertiary/aromatic N) is 3. The molecule has 0 aliphatic carbocycles. The van der Waals surface area contributed by atoms with E-state index in [9.17, 15) is 9.00 Å². The van der Waals surface area contributed by atoms with Crippen LogP contribution in [0.5, 0.6) is 0 Å². The van der Waals surface area contributed by atoms with Crippen molar-refractivity contribution in [2.24, 2.45) is 0 Å². The van der Waals surface area contributed by atoms with Crippen LogP contribution in [0.4, 0.5) is 4.79 Å². The van der Waals surface area contributed by atoms with Crippen LogP contribution in [-0.4, -0.2) is 49.1 Å².